The van der Waals surface area contributed by atoms with Crippen molar-refractivity contribution < 1.29 is 19.4 Å². The summed E-state index contributed by atoms with van der Waals surface area (Å²) in [6.45, 7) is 7.99. The highest BCUT2D eigenvalue weighted by molar-refractivity contribution is 6.76. The molecule has 0 fully saturated rings. The van der Waals surface area contributed by atoms with E-state index in [1.807, 2.05) is 0 Å². The van der Waals surface area contributed by atoms with Gasteiger partial charge in [0.1, 0.15) is 12.4 Å². The van der Waals surface area contributed by atoms with Gasteiger partial charge in [-0.2, -0.15) is 0 Å². The maximum atomic E-state index is 11.4. The van der Waals surface area contributed by atoms with Crippen LogP contribution in [-0.4, -0.2) is 39.0 Å². The zero-order valence-electron chi connectivity index (χ0n) is 13.0. The number of nitrogens with one attached hydrogen (secondary N) is 1. The molecule has 0 radical (unpaired) electrons. The highest BCUT2D eigenvalue weighted by atomic mass is 28.3. The molecule has 0 aliphatic heterocycles. The van der Waals surface area contributed by atoms with Gasteiger partial charge in [0.05, 0.1) is 19.8 Å². The first-order valence-corrected chi connectivity index (χ1v) is 10.8. The molecular formula is C15H25NO4Si. The Morgan fingerprint density at radius 1 is 1.19 bits per heavy atom. The monoisotopic (exact) mass is 311 g/mol. The van der Waals surface area contributed by atoms with Gasteiger partial charge in [-0.3, -0.25) is 0 Å². The molecule has 0 aliphatic rings. The Morgan fingerprint density at radius 3 is 2.43 bits per heavy atom. The van der Waals surface area contributed by atoms with Gasteiger partial charge < -0.3 is 19.9 Å². The maximum absolute atomic E-state index is 11.4. The minimum absolute atomic E-state index is 0.0189. The van der Waals surface area contributed by atoms with Crippen molar-refractivity contribution in [3.63, 3.8) is 0 Å². The van der Waals surface area contributed by atoms with Crippen LogP contribution in [0, 0.1) is 0 Å². The molecule has 0 aromatic heterocycles. The Morgan fingerprint density at radius 2 is 1.86 bits per heavy atom. The number of hydrogen-bond acceptors (Lipinski definition) is 4. The molecule has 0 bridgehead atoms. The second-order valence-corrected chi connectivity index (χ2v) is 11.6. The number of hydrogen-bond donors (Lipinski definition) is 2. The zero-order valence-corrected chi connectivity index (χ0v) is 14.0. The number of ether oxygens (including phenoxy) is 2. The summed E-state index contributed by atoms with van der Waals surface area (Å²) in [5.41, 5.74) is 0.839. The van der Waals surface area contributed by atoms with E-state index >= 15 is 0 Å². The summed E-state index contributed by atoms with van der Waals surface area (Å²) in [6.07, 6.45) is -0.396. The number of rotatable bonds is 8. The molecule has 6 heteroatoms. The van der Waals surface area contributed by atoms with Gasteiger partial charge in [0.15, 0.2) is 0 Å². The molecule has 5 nitrogen and oxygen atoms in total. The van der Waals surface area contributed by atoms with E-state index in [4.69, 9.17) is 14.6 Å². The molecule has 0 saturated heterocycles. The van der Waals surface area contributed by atoms with E-state index in [2.05, 4.69) is 25.0 Å². The van der Waals surface area contributed by atoms with Crippen LogP contribution in [0.3, 0.4) is 0 Å². The largest absolute Gasteiger partial charge is 0.492 e. The SMILES string of the molecule is C[Si](C)(C)CCOC(=O)NCCOc1ccc(CO)cc1. The van der Waals surface area contributed by atoms with Gasteiger partial charge in [0.2, 0.25) is 0 Å². The van der Waals surface area contributed by atoms with Crippen molar-refractivity contribution in [3.8, 4) is 5.75 Å². The quantitative estimate of drug-likeness (QED) is 0.572. The molecule has 1 aromatic carbocycles. The number of benzene rings is 1. The van der Waals surface area contributed by atoms with Crippen LogP contribution in [0.15, 0.2) is 24.3 Å². The van der Waals surface area contributed by atoms with Crippen LogP contribution in [0.2, 0.25) is 25.7 Å². The zero-order chi connectivity index (χ0) is 15.7. The third-order valence-electron chi connectivity index (χ3n) is 2.83. The minimum atomic E-state index is -1.16. The van der Waals surface area contributed by atoms with Crippen LogP contribution in [-0.2, 0) is 11.3 Å². The van der Waals surface area contributed by atoms with Crippen LogP contribution in [0.5, 0.6) is 5.75 Å². The average Bonchev–Trinajstić information content (AvgIpc) is 2.43. The van der Waals surface area contributed by atoms with Gasteiger partial charge in [-0.1, -0.05) is 31.8 Å². The first kappa shape index (κ1) is 17.5. The van der Waals surface area contributed by atoms with E-state index in [0.29, 0.717) is 25.5 Å². The van der Waals surface area contributed by atoms with Crippen molar-refractivity contribution in [2.24, 2.45) is 0 Å². The first-order chi connectivity index (χ1) is 9.90. The number of alkyl carbamates (subject to hydrolysis) is 1. The predicted molar refractivity (Wildman–Crippen MR) is 85.4 cm³/mol. The summed E-state index contributed by atoms with van der Waals surface area (Å²) in [5, 5.41) is 11.6. The molecule has 0 aliphatic carbocycles. The molecule has 118 valence electrons. The minimum Gasteiger partial charge on any atom is -0.492 e. The Kier molecular flexibility index (Phi) is 7.25. The smallest absolute Gasteiger partial charge is 0.407 e. The number of amides is 1. The summed E-state index contributed by atoms with van der Waals surface area (Å²) in [7, 11) is -1.16. The summed E-state index contributed by atoms with van der Waals surface area (Å²) in [6, 6.07) is 8.14. The van der Waals surface area contributed by atoms with Crippen LogP contribution >= 0.6 is 0 Å². The molecule has 0 heterocycles. The number of aliphatic hydroxyl groups excluding tert-OH is 1. The van der Waals surface area contributed by atoms with Crippen LogP contribution in [0.4, 0.5) is 4.79 Å². The highest BCUT2D eigenvalue weighted by Gasteiger charge is 2.13. The van der Waals surface area contributed by atoms with Crippen molar-refractivity contribution in [3.05, 3.63) is 29.8 Å². The van der Waals surface area contributed by atoms with Crippen molar-refractivity contribution in [1.82, 2.24) is 5.32 Å². The lowest BCUT2D eigenvalue weighted by Gasteiger charge is -2.15. The van der Waals surface area contributed by atoms with E-state index in [9.17, 15) is 4.79 Å². The normalized spacial score (nSPS) is 11.0. The third-order valence-corrected chi connectivity index (χ3v) is 4.54. The van der Waals surface area contributed by atoms with Crippen molar-refractivity contribution in [2.75, 3.05) is 19.8 Å². The molecule has 21 heavy (non-hydrogen) atoms. The van der Waals surface area contributed by atoms with Crippen LogP contribution in [0.25, 0.3) is 0 Å². The number of carbonyl (C=O) groups excluding carboxylic acids is 1. The summed E-state index contributed by atoms with van der Waals surface area (Å²) in [5.74, 6) is 0.709. The molecular weight excluding hydrogens is 286 g/mol. The fourth-order valence-electron chi connectivity index (χ4n) is 1.51. The molecule has 1 amide bonds. The fraction of sp³-hybridized carbons (Fsp3) is 0.533. The summed E-state index contributed by atoms with van der Waals surface area (Å²) < 4.78 is 10.6. The van der Waals surface area contributed by atoms with Gasteiger partial charge in [0, 0.05) is 8.07 Å². The topological polar surface area (TPSA) is 67.8 Å². The molecule has 0 unspecified atom stereocenters. The molecule has 0 spiro atoms. The summed E-state index contributed by atoms with van der Waals surface area (Å²) in [4.78, 5) is 11.4. The van der Waals surface area contributed by atoms with Crippen molar-refractivity contribution in [2.45, 2.75) is 32.3 Å². The van der Waals surface area contributed by atoms with Gasteiger partial charge >= 0.3 is 6.09 Å². The second kappa shape index (κ2) is 8.69. The lowest BCUT2D eigenvalue weighted by Crippen LogP contribution is -2.30. The maximum Gasteiger partial charge on any atom is 0.407 e. The predicted octanol–water partition coefficient (Wildman–Crippen LogP) is 2.62. The highest BCUT2D eigenvalue weighted by Crippen LogP contribution is 2.11. The second-order valence-electron chi connectivity index (χ2n) is 6.02. The molecule has 2 N–H and O–H groups in total. The van der Waals surface area contributed by atoms with Crippen LogP contribution in [0.1, 0.15) is 5.56 Å². The van der Waals surface area contributed by atoms with E-state index in [0.717, 1.165) is 11.6 Å². The van der Waals surface area contributed by atoms with Crippen molar-refractivity contribution >= 4 is 14.2 Å². The van der Waals surface area contributed by atoms with Crippen LogP contribution < -0.4 is 10.1 Å². The van der Waals surface area contributed by atoms with Crippen molar-refractivity contribution in [1.29, 1.82) is 0 Å². The standard InChI is InChI=1S/C15H25NO4Si/c1-21(2,3)11-10-20-15(18)16-8-9-19-14-6-4-13(12-17)5-7-14/h4-7,17H,8-12H2,1-3H3,(H,16,18). The summed E-state index contributed by atoms with van der Waals surface area (Å²) >= 11 is 0. The van der Waals surface area contributed by atoms with E-state index in [1.165, 1.54) is 0 Å². The Balaban J connectivity index is 2.11. The molecule has 0 saturated carbocycles. The van der Waals surface area contributed by atoms with Gasteiger partial charge in [-0.25, -0.2) is 4.79 Å². The molecule has 0 atom stereocenters. The number of carbonyl (C=O) groups is 1. The molecule has 1 rings (SSSR count). The van der Waals surface area contributed by atoms with E-state index < -0.39 is 14.2 Å². The van der Waals surface area contributed by atoms with Gasteiger partial charge in [-0.15, -0.1) is 0 Å². The van der Waals surface area contributed by atoms with E-state index in [-0.39, 0.29) is 6.61 Å². The van der Waals surface area contributed by atoms with E-state index in [1.54, 1.807) is 24.3 Å². The first-order valence-electron chi connectivity index (χ1n) is 7.14. The Bertz CT molecular complexity index is 428. The third kappa shape index (κ3) is 8.36. The lowest BCUT2D eigenvalue weighted by molar-refractivity contribution is 0.149. The Hall–Kier alpha value is -1.53. The average molecular weight is 311 g/mol. The number of aliphatic hydroxyl groups is 1. The Labute approximate surface area is 127 Å². The lowest BCUT2D eigenvalue weighted by atomic mass is 10.2. The fourth-order valence-corrected chi connectivity index (χ4v) is 2.23. The molecule has 1 aromatic rings. The van der Waals surface area contributed by atoms with Gasteiger partial charge in [0.25, 0.3) is 0 Å². The van der Waals surface area contributed by atoms with Gasteiger partial charge in [-0.05, 0) is 23.7 Å².